The summed E-state index contributed by atoms with van der Waals surface area (Å²) in [7, 11) is 1.61. The average Bonchev–Trinajstić information content (AvgIpc) is 3.33. The minimum absolute atomic E-state index is 0.127. The lowest BCUT2D eigenvalue weighted by Crippen LogP contribution is -2.57. The molecule has 0 aromatic carbocycles. The molecule has 5 heterocycles. The Morgan fingerprint density at radius 3 is 1.86 bits per heavy atom. The van der Waals surface area contributed by atoms with Crippen LogP contribution >= 0.6 is 0 Å². The summed E-state index contributed by atoms with van der Waals surface area (Å²) in [6.45, 7) is 0. The third-order valence-electron chi connectivity index (χ3n) is 9.02. The third kappa shape index (κ3) is 0.502. The Bertz CT molecular complexity index is 930. The van der Waals surface area contributed by atoms with E-state index in [2.05, 4.69) is 0 Å². The lowest BCUT2D eigenvalue weighted by atomic mass is 9.64. The van der Waals surface area contributed by atoms with Crippen LogP contribution < -0.4 is 11.4 Å². The van der Waals surface area contributed by atoms with Crippen LogP contribution in [0, 0.1) is 34.5 Å². The van der Waals surface area contributed by atoms with Gasteiger partial charge in [-0.25, -0.2) is 23.5 Å². The van der Waals surface area contributed by atoms with Crippen molar-refractivity contribution in [2.75, 3.05) is 0 Å². The van der Waals surface area contributed by atoms with Gasteiger partial charge in [0.2, 0.25) is 0 Å². The SMILES string of the molecule is Cn1c(=O)n2n(c1=O)[C@@H]1[C@H]3C4C5[C@]6([C@@H]2[C@@H]43)[C@H]2O[C@H]2[C@H]2O[C@@H]2[C@@]516. The minimum Gasteiger partial charge on any atom is -0.366 e. The maximum absolute atomic E-state index is 12.7. The van der Waals surface area contributed by atoms with Crippen molar-refractivity contribution in [1.82, 2.24) is 13.9 Å². The van der Waals surface area contributed by atoms with Crippen LogP contribution in [-0.4, -0.2) is 38.3 Å². The standard InChI is InChI=1S/C15H13N3O4/c1-16-12(19)17-8-3-2-4(3)9(18(17)13(16)20)15-7(2)14(8,15)10-5(21-10)6-11(15)22-6/h2-11H,1H3/t2?,3-,4-,5-,6+,7?,8-,9+,10-,11-,14-,15+/m0/s1. The van der Waals surface area contributed by atoms with Gasteiger partial charge >= 0.3 is 11.4 Å². The number of aromatic nitrogens is 3. The highest BCUT2D eigenvalue weighted by molar-refractivity contribution is 5.56. The maximum Gasteiger partial charge on any atom is 0.347 e. The molecule has 2 unspecified atom stereocenters. The largest absolute Gasteiger partial charge is 0.366 e. The summed E-state index contributed by atoms with van der Waals surface area (Å²) < 4.78 is 17.1. The summed E-state index contributed by atoms with van der Waals surface area (Å²) in [6.07, 6.45) is 1.13. The van der Waals surface area contributed by atoms with Gasteiger partial charge in [-0.3, -0.25) is 0 Å². The highest BCUT2D eigenvalue weighted by atomic mass is 16.7. The number of fused-ring (bicyclic) bond motifs is 3. The summed E-state index contributed by atoms with van der Waals surface area (Å²) in [4.78, 5) is 25.4. The van der Waals surface area contributed by atoms with Crippen molar-refractivity contribution >= 4 is 0 Å². The number of hydrogen-bond acceptors (Lipinski definition) is 4. The van der Waals surface area contributed by atoms with Gasteiger partial charge < -0.3 is 9.47 Å². The van der Waals surface area contributed by atoms with Crippen molar-refractivity contribution in [3.05, 3.63) is 21.0 Å². The monoisotopic (exact) mass is 299 g/mol. The molecular formula is C15H13N3O4. The van der Waals surface area contributed by atoms with Crippen LogP contribution in [-0.2, 0) is 16.5 Å². The van der Waals surface area contributed by atoms with Gasteiger partial charge in [-0.05, 0) is 23.7 Å². The zero-order valence-corrected chi connectivity index (χ0v) is 11.7. The van der Waals surface area contributed by atoms with E-state index in [9.17, 15) is 9.59 Å². The first-order valence-corrected chi connectivity index (χ1v) is 8.39. The lowest BCUT2D eigenvalue weighted by Gasteiger charge is -2.48. The fourth-order valence-corrected chi connectivity index (χ4v) is 8.93. The molecule has 2 spiro atoms. The summed E-state index contributed by atoms with van der Waals surface area (Å²) in [5.74, 6) is 2.61. The van der Waals surface area contributed by atoms with Gasteiger partial charge in [-0.15, -0.1) is 0 Å². The normalized spacial score (nSPS) is 73.1. The number of nitrogens with zero attached hydrogens (tertiary/aromatic N) is 3. The molecule has 2 bridgehead atoms. The van der Waals surface area contributed by atoms with Crippen LogP contribution in [0.2, 0.25) is 0 Å². The van der Waals surface area contributed by atoms with Gasteiger partial charge in [0.15, 0.2) is 0 Å². The minimum atomic E-state index is -0.129. The molecule has 1 aromatic heterocycles. The molecule has 1 aromatic rings. The topological polar surface area (TPSA) is 74.0 Å². The van der Waals surface area contributed by atoms with Gasteiger partial charge in [-0.1, -0.05) is 0 Å². The second kappa shape index (κ2) is 2.06. The van der Waals surface area contributed by atoms with E-state index in [4.69, 9.17) is 9.47 Å². The van der Waals surface area contributed by atoms with Gasteiger partial charge in [0.1, 0.15) is 12.2 Å². The van der Waals surface area contributed by atoms with E-state index in [1.54, 1.807) is 7.05 Å². The molecule has 22 heavy (non-hydrogen) atoms. The molecular weight excluding hydrogens is 286 g/mol. The second-order valence-electron chi connectivity index (χ2n) is 8.82. The number of rotatable bonds is 0. The lowest BCUT2D eigenvalue weighted by molar-refractivity contribution is -0.0267. The van der Waals surface area contributed by atoms with Crippen molar-refractivity contribution in [1.29, 1.82) is 0 Å². The van der Waals surface area contributed by atoms with Crippen molar-refractivity contribution in [2.45, 2.75) is 36.5 Å². The van der Waals surface area contributed by atoms with Crippen molar-refractivity contribution < 1.29 is 9.47 Å². The van der Waals surface area contributed by atoms with Gasteiger partial charge in [0.05, 0.1) is 24.3 Å². The Kier molecular flexibility index (Phi) is 0.910. The Hall–Kier alpha value is -1.34. The predicted octanol–water partition coefficient (Wildman–Crippen LogP) is -1.52. The van der Waals surface area contributed by atoms with Crippen molar-refractivity contribution in [2.24, 2.45) is 41.5 Å². The van der Waals surface area contributed by atoms with Crippen LogP contribution in [0.25, 0.3) is 0 Å². The molecule has 10 rings (SSSR count). The van der Waals surface area contributed by atoms with Crippen LogP contribution in [0.3, 0.4) is 0 Å². The van der Waals surface area contributed by atoms with E-state index < -0.39 is 0 Å². The van der Waals surface area contributed by atoms with Crippen molar-refractivity contribution in [3.8, 4) is 0 Å². The van der Waals surface area contributed by atoms with E-state index >= 15 is 0 Å². The highest BCUT2D eigenvalue weighted by Crippen LogP contribution is 3.07. The molecule has 9 aliphatic rings. The summed E-state index contributed by atoms with van der Waals surface area (Å²) in [5.41, 5.74) is -0.00465. The van der Waals surface area contributed by atoms with Crippen molar-refractivity contribution in [3.63, 3.8) is 0 Å². The van der Waals surface area contributed by atoms with Gasteiger partial charge in [0, 0.05) is 17.9 Å². The van der Waals surface area contributed by atoms with Crippen LogP contribution in [0.5, 0.6) is 0 Å². The molecule has 5 saturated carbocycles. The molecule has 112 valence electrons. The van der Waals surface area contributed by atoms with Gasteiger partial charge in [0.25, 0.3) is 0 Å². The van der Waals surface area contributed by atoms with E-state index in [1.807, 2.05) is 9.36 Å². The van der Waals surface area contributed by atoms with Crippen LogP contribution in [0.4, 0.5) is 0 Å². The molecule has 7 fully saturated rings. The number of ether oxygens (including phenoxy) is 2. The predicted molar refractivity (Wildman–Crippen MR) is 68.2 cm³/mol. The molecule has 0 amide bonds. The van der Waals surface area contributed by atoms with Gasteiger partial charge in [-0.2, -0.15) is 0 Å². The quantitative estimate of drug-likeness (QED) is 0.546. The average molecular weight is 299 g/mol. The highest BCUT2D eigenvalue weighted by Gasteiger charge is 3.11. The van der Waals surface area contributed by atoms with Crippen LogP contribution in [0.15, 0.2) is 9.59 Å². The zero-order valence-electron chi connectivity index (χ0n) is 11.7. The Labute approximate surface area is 123 Å². The van der Waals surface area contributed by atoms with E-state index in [-0.39, 0.29) is 46.5 Å². The first kappa shape index (κ1) is 9.72. The van der Waals surface area contributed by atoms with E-state index in [0.717, 1.165) is 5.92 Å². The zero-order chi connectivity index (χ0) is 14.1. The molecule has 2 saturated heterocycles. The molecule has 4 aliphatic heterocycles. The first-order valence-electron chi connectivity index (χ1n) is 8.39. The molecule has 7 heteroatoms. The maximum atomic E-state index is 12.7. The summed E-state index contributed by atoms with van der Waals surface area (Å²) in [6, 6.07) is 0.387. The number of epoxide rings is 2. The van der Waals surface area contributed by atoms with Crippen LogP contribution in [0.1, 0.15) is 12.1 Å². The fourth-order valence-electron chi connectivity index (χ4n) is 8.93. The summed E-state index contributed by atoms with van der Waals surface area (Å²) >= 11 is 0. The smallest absolute Gasteiger partial charge is 0.347 e. The Balaban J connectivity index is 1.50. The molecule has 0 N–H and O–H groups in total. The first-order chi connectivity index (χ1) is 10.7. The third-order valence-corrected chi connectivity index (χ3v) is 9.02. The second-order valence-corrected chi connectivity index (χ2v) is 8.82. The van der Waals surface area contributed by atoms with E-state index in [0.29, 0.717) is 30.0 Å². The van der Waals surface area contributed by atoms with E-state index in [1.165, 1.54) is 4.57 Å². The Morgan fingerprint density at radius 2 is 1.36 bits per heavy atom. The molecule has 12 atom stereocenters. The molecule has 5 aliphatic carbocycles. The molecule has 7 nitrogen and oxygen atoms in total. The Morgan fingerprint density at radius 1 is 0.864 bits per heavy atom. The number of hydrogen-bond donors (Lipinski definition) is 0. The fraction of sp³-hybridized carbons (Fsp3) is 0.867. The molecule has 0 radical (unpaired) electrons. The summed E-state index contributed by atoms with van der Waals surface area (Å²) in [5, 5.41) is 0.